The minimum Gasteiger partial charge on any atom is -0.354 e. The van der Waals surface area contributed by atoms with Gasteiger partial charge in [0.2, 0.25) is 5.91 Å². The van der Waals surface area contributed by atoms with E-state index in [9.17, 15) is 17.6 Å². The van der Waals surface area contributed by atoms with E-state index in [4.69, 9.17) is 23.2 Å². The van der Waals surface area contributed by atoms with Gasteiger partial charge in [0.1, 0.15) is 11.9 Å². The third-order valence-corrected chi connectivity index (χ3v) is 8.24. The van der Waals surface area contributed by atoms with Crippen molar-refractivity contribution in [1.82, 2.24) is 10.2 Å². The maximum absolute atomic E-state index is 14.8. The Morgan fingerprint density at radius 1 is 0.944 bits per heavy atom. The number of benzene rings is 2. The first-order chi connectivity index (χ1) is 17.1. The van der Waals surface area contributed by atoms with Crippen molar-refractivity contribution in [2.75, 3.05) is 30.5 Å². The molecule has 0 unspecified atom stereocenters. The number of unbranched alkanes of at least 4 members (excludes halogenated alkanes) is 2. The van der Waals surface area contributed by atoms with Crippen molar-refractivity contribution < 1.29 is 17.6 Å². The lowest BCUT2D eigenvalue weighted by molar-refractivity contribution is -0.121. The number of sulfonamides is 1. The van der Waals surface area contributed by atoms with Crippen LogP contribution in [0.2, 0.25) is 10.0 Å². The van der Waals surface area contributed by atoms with Gasteiger partial charge in [0.05, 0.1) is 10.6 Å². The van der Waals surface area contributed by atoms with Crippen molar-refractivity contribution in [3.63, 3.8) is 0 Å². The number of anilines is 1. The van der Waals surface area contributed by atoms with Crippen LogP contribution in [0.15, 0.2) is 47.4 Å². The molecule has 2 aromatic rings. The van der Waals surface area contributed by atoms with Crippen molar-refractivity contribution in [1.29, 1.82) is 0 Å². The Bertz CT molecular complexity index is 1080. The minimum atomic E-state index is -4.31. The lowest BCUT2D eigenvalue weighted by Gasteiger charge is -2.30. The van der Waals surface area contributed by atoms with Gasteiger partial charge in [0.15, 0.2) is 0 Å². The number of nitrogens with one attached hydrogen (secondary N) is 1. The predicted molar refractivity (Wildman–Crippen MR) is 146 cm³/mol. The molecule has 36 heavy (non-hydrogen) atoms. The van der Waals surface area contributed by atoms with Crippen molar-refractivity contribution in [2.45, 2.75) is 63.8 Å². The van der Waals surface area contributed by atoms with Crippen LogP contribution in [-0.4, -0.2) is 51.4 Å². The molecule has 0 aromatic heterocycles. The number of nitrogens with zero attached hydrogens (tertiary/aromatic N) is 2. The molecule has 1 N–H and O–H groups in total. The molecule has 1 amide bonds. The fourth-order valence-corrected chi connectivity index (χ4v) is 5.70. The Labute approximate surface area is 224 Å². The second-order valence-corrected chi connectivity index (χ2v) is 11.4. The van der Waals surface area contributed by atoms with Crippen molar-refractivity contribution in [3.8, 4) is 0 Å². The molecule has 0 aliphatic carbocycles. The number of carbonyl (C=O) groups is 1. The van der Waals surface area contributed by atoms with Gasteiger partial charge in [-0.05, 0) is 88.3 Å². The topological polar surface area (TPSA) is 69.7 Å². The highest BCUT2D eigenvalue weighted by Gasteiger charge is 2.35. The zero-order valence-corrected chi connectivity index (χ0v) is 23.5. The zero-order chi connectivity index (χ0) is 26.7. The SMILES string of the molecule is CCCCN(CCCC)CCCNC(=O)[C@@H](C)N(c1cc(Cl)ccc1F)S(=O)(=O)c1ccc(Cl)cc1. The number of hydrogen-bond acceptors (Lipinski definition) is 4. The molecular formula is C26H36Cl2FN3O3S. The highest BCUT2D eigenvalue weighted by molar-refractivity contribution is 7.93. The van der Waals surface area contributed by atoms with Crippen LogP contribution in [0.1, 0.15) is 52.9 Å². The summed E-state index contributed by atoms with van der Waals surface area (Å²) in [6.45, 7) is 9.00. The van der Waals surface area contributed by atoms with Crippen LogP contribution in [0.3, 0.4) is 0 Å². The van der Waals surface area contributed by atoms with Gasteiger partial charge in [0, 0.05) is 16.6 Å². The van der Waals surface area contributed by atoms with Crippen LogP contribution in [0.25, 0.3) is 0 Å². The molecule has 0 saturated carbocycles. The summed E-state index contributed by atoms with van der Waals surface area (Å²) >= 11 is 12.0. The highest BCUT2D eigenvalue weighted by atomic mass is 35.5. The van der Waals surface area contributed by atoms with E-state index in [1.54, 1.807) is 0 Å². The Morgan fingerprint density at radius 3 is 2.08 bits per heavy atom. The average Bonchev–Trinajstić information content (AvgIpc) is 2.85. The maximum Gasteiger partial charge on any atom is 0.265 e. The van der Waals surface area contributed by atoms with E-state index in [2.05, 4.69) is 24.1 Å². The van der Waals surface area contributed by atoms with E-state index < -0.39 is 27.8 Å². The summed E-state index contributed by atoms with van der Waals surface area (Å²) in [7, 11) is -4.31. The first-order valence-corrected chi connectivity index (χ1v) is 14.6. The molecule has 200 valence electrons. The van der Waals surface area contributed by atoms with Crippen molar-refractivity contribution in [3.05, 3.63) is 58.3 Å². The van der Waals surface area contributed by atoms with Gasteiger partial charge in [-0.25, -0.2) is 12.8 Å². The Hall–Kier alpha value is -1.87. The molecule has 2 aromatic carbocycles. The van der Waals surface area contributed by atoms with E-state index in [1.807, 2.05) is 0 Å². The van der Waals surface area contributed by atoms with Crippen molar-refractivity contribution in [2.24, 2.45) is 0 Å². The first-order valence-electron chi connectivity index (χ1n) is 12.4. The summed E-state index contributed by atoms with van der Waals surface area (Å²) in [5.41, 5.74) is -0.301. The molecule has 6 nitrogen and oxygen atoms in total. The Balaban J connectivity index is 2.20. The first kappa shape index (κ1) is 30.4. The van der Waals surface area contributed by atoms with Crippen LogP contribution < -0.4 is 9.62 Å². The van der Waals surface area contributed by atoms with Crippen LogP contribution >= 0.6 is 23.2 Å². The van der Waals surface area contributed by atoms with Gasteiger partial charge >= 0.3 is 0 Å². The molecule has 0 aliphatic rings. The van der Waals surface area contributed by atoms with Gasteiger partial charge in [0.25, 0.3) is 10.0 Å². The summed E-state index contributed by atoms with van der Waals surface area (Å²) in [5.74, 6) is -1.33. The van der Waals surface area contributed by atoms with Gasteiger partial charge < -0.3 is 10.2 Å². The predicted octanol–water partition coefficient (Wildman–Crippen LogP) is 6.12. The Morgan fingerprint density at radius 2 is 1.50 bits per heavy atom. The highest BCUT2D eigenvalue weighted by Crippen LogP contribution is 2.31. The molecule has 0 radical (unpaired) electrons. The van der Waals surface area contributed by atoms with Gasteiger partial charge in [-0.1, -0.05) is 49.9 Å². The molecule has 0 spiro atoms. The van der Waals surface area contributed by atoms with E-state index >= 15 is 0 Å². The summed E-state index contributed by atoms with van der Waals surface area (Å²) < 4.78 is 42.7. The Kier molecular flexibility index (Phi) is 12.4. The second-order valence-electron chi connectivity index (χ2n) is 8.72. The summed E-state index contributed by atoms with van der Waals surface area (Å²) in [4.78, 5) is 15.3. The van der Waals surface area contributed by atoms with Crippen LogP contribution in [0, 0.1) is 5.82 Å². The number of amides is 1. The maximum atomic E-state index is 14.8. The fraction of sp³-hybridized carbons (Fsp3) is 0.500. The molecule has 0 heterocycles. The normalized spacial score (nSPS) is 12.5. The molecular weight excluding hydrogens is 524 g/mol. The largest absolute Gasteiger partial charge is 0.354 e. The summed E-state index contributed by atoms with van der Waals surface area (Å²) in [6.07, 6.45) is 5.21. The van der Waals surface area contributed by atoms with Crippen molar-refractivity contribution >= 4 is 44.8 Å². The second kappa shape index (κ2) is 14.8. The molecule has 0 aliphatic heterocycles. The molecule has 2 rings (SSSR count). The number of halogens is 3. The third-order valence-electron chi connectivity index (χ3n) is 5.85. The fourth-order valence-electron chi connectivity index (χ4n) is 3.79. The summed E-state index contributed by atoms with van der Waals surface area (Å²) in [5, 5.41) is 3.32. The molecule has 1 atom stereocenters. The number of carbonyl (C=O) groups excluding carboxylic acids is 1. The molecule has 0 saturated heterocycles. The van der Waals surface area contributed by atoms with E-state index in [0.29, 0.717) is 11.6 Å². The standard InChI is InChI=1S/C26H36Cl2FN3O3S/c1-4-6-16-31(17-7-5-2)18-8-15-30-26(33)20(3)32(25-19-22(28)11-14-24(25)29)36(34,35)23-12-9-21(27)10-13-23/h9-14,19-20H,4-8,15-18H2,1-3H3,(H,30,33)/t20-/m1/s1. The molecule has 0 bridgehead atoms. The average molecular weight is 561 g/mol. The summed E-state index contributed by atoms with van der Waals surface area (Å²) in [6, 6.07) is 7.86. The van der Waals surface area contributed by atoms with Crippen LogP contribution in [-0.2, 0) is 14.8 Å². The smallest absolute Gasteiger partial charge is 0.265 e. The van der Waals surface area contributed by atoms with Gasteiger partial charge in [-0.15, -0.1) is 0 Å². The quantitative estimate of drug-likeness (QED) is 0.266. The van der Waals surface area contributed by atoms with Crippen LogP contribution in [0.5, 0.6) is 0 Å². The van der Waals surface area contributed by atoms with E-state index in [-0.39, 0.29) is 15.6 Å². The lowest BCUT2D eigenvalue weighted by Crippen LogP contribution is -2.49. The van der Waals surface area contributed by atoms with Crippen LogP contribution in [0.4, 0.5) is 10.1 Å². The van der Waals surface area contributed by atoms with Gasteiger partial charge in [-0.2, -0.15) is 0 Å². The van der Waals surface area contributed by atoms with E-state index in [1.165, 1.54) is 43.3 Å². The van der Waals surface area contributed by atoms with Gasteiger partial charge in [-0.3, -0.25) is 9.10 Å². The number of rotatable bonds is 15. The lowest BCUT2D eigenvalue weighted by atomic mass is 10.2. The minimum absolute atomic E-state index is 0.117. The molecule has 0 fully saturated rings. The zero-order valence-electron chi connectivity index (χ0n) is 21.1. The monoisotopic (exact) mass is 559 g/mol. The third kappa shape index (κ3) is 8.61. The number of hydrogen-bond donors (Lipinski definition) is 1. The van der Waals surface area contributed by atoms with E-state index in [0.717, 1.165) is 62.1 Å². The molecule has 10 heteroatoms.